The fourth-order valence-electron chi connectivity index (χ4n) is 2.07. The minimum atomic E-state index is -0.247. The summed E-state index contributed by atoms with van der Waals surface area (Å²) in [5.41, 5.74) is 2.64. The van der Waals surface area contributed by atoms with E-state index in [0.717, 1.165) is 21.8 Å². The first-order valence-corrected chi connectivity index (χ1v) is 6.57. The Morgan fingerprint density at radius 1 is 1.28 bits per heavy atom. The van der Waals surface area contributed by atoms with Gasteiger partial charge in [-0.2, -0.15) is 0 Å². The maximum Gasteiger partial charge on any atom is 0.256 e. The van der Waals surface area contributed by atoms with Gasteiger partial charge in [0.1, 0.15) is 11.2 Å². The lowest BCUT2D eigenvalue weighted by Crippen LogP contribution is -2.38. The zero-order valence-corrected chi connectivity index (χ0v) is 11.0. The van der Waals surface area contributed by atoms with Gasteiger partial charge in [-0.1, -0.05) is 6.07 Å². The van der Waals surface area contributed by atoms with Crippen LogP contribution in [0.2, 0.25) is 0 Å². The molecular formula is C13H13N3OS. The van der Waals surface area contributed by atoms with Crippen molar-refractivity contribution in [3.8, 4) is 0 Å². The summed E-state index contributed by atoms with van der Waals surface area (Å²) >= 11 is 1.62. The van der Waals surface area contributed by atoms with Crippen molar-refractivity contribution in [2.24, 2.45) is 0 Å². The van der Waals surface area contributed by atoms with E-state index in [1.165, 1.54) is 4.88 Å². The van der Waals surface area contributed by atoms with Crippen molar-refractivity contribution in [3.63, 3.8) is 0 Å². The largest absolute Gasteiger partial charge is 0.351 e. The number of thiophene rings is 1. The van der Waals surface area contributed by atoms with Crippen LogP contribution < -0.4 is 10.6 Å². The molecular weight excluding hydrogens is 246 g/mol. The third kappa shape index (κ3) is 1.67. The van der Waals surface area contributed by atoms with E-state index in [9.17, 15) is 4.79 Å². The van der Waals surface area contributed by atoms with E-state index in [1.54, 1.807) is 17.5 Å². The van der Waals surface area contributed by atoms with Crippen LogP contribution in [0.3, 0.4) is 0 Å². The topological polar surface area (TPSA) is 54.0 Å². The van der Waals surface area contributed by atoms with E-state index in [0.29, 0.717) is 0 Å². The molecule has 4 nitrogen and oxygen atoms in total. The normalized spacial score (nSPS) is 17.9. The van der Waals surface area contributed by atoms with Gasteiger partial charge < -0.3 is 10.6 Å². The van der Waals surface area contributed by atoms with Crippen molar-refractivity contribution < 1.29 is 4.79 Å². The number of aryl methyl sites for hydroxylation is 1. The molecule has 1 amide bonds. The molecule has 1 aliphatic heterocycles. The molecule has 0 bridgehead atoms. The number of nitrogens with one attached hydrogen (secondary N) is 2. The van der Waals surface area contributed by atoms with Gasteiger partial charge in [-0.3, -0.25) is 9.78 Å². The van der Waals surface area contributed by atoms with E-state index in [4.69, 9.17) is 0 Å². The molecule has 3 rings (SSSR count). The van der Waals surface area contributed by atoms with Gasteiger partial charge in [0.15, 0.2) is 0 Å². The number of amides is 1. The quantitative estimate of drug-likeness (QED) is 0.827. The van der Waals surface area contributed by atoms with E-state index in [1.807, 2.05) is 32.0 Å². The van der Waals surface area contributed by atoms with Crippen LogP contribution >= 0.6 is 11.3 Å². The standard InChI is InChI=1S/C13H13N3OS/c1-7-8(2)18-13-10(7)12(17)15-11(16-13)9-5-3-4-6-14-9/h3-6,11,16H,1-2H3,(H,15,17)/t11-/m0/s1. The molecule has 92 valence electrons. The van der Waals surface area contributed by atoms with Crippen LogP contribution in [0.15, 0.2) is 24.4 Å². The Labute approximate surface area is 109 Å². The summed E-state index contributed by atoms with van der Waals surface area (Å²) < 4.78 is 0. The molecule has 0 aromatic carbocycles. The Morgan fingerprint density at radius 2 is 2.11 bits per heavy atom. The molecule has 5 heteroatoms. The molecule has 2 aromatic heterocycles. The highest BCUT2D eigenvalue weighted by Crippen LogP contribution is 2.36. The molecule has 2 aromatic rings. The Bertz CT molecular complexity index is 606. The van der Waals surface area contributed by atoms with Gasteiger partial charge in [0, 0.05) is 11.1 Å². The van der Waals surface area contributed by atoms with Crippen molar-refractivity contribution >= 4 is 22.2 Å². The predicted octanol–water partition coefficient (Wildman–Crippen LogP) is 2.61. The number of hydrogen-bond donors (Lipinski definition) is 2. The first kappa shape index (κ1) is 11.2. The predicted molar refractivity (Wildman–Crippen MR) is 71.9 cm³/mol. The molecule has 0 saturated carbocycles. The number of nitrogens with zero attached hydrogens (tertiary/aromatic N) is 1. The summed E-state index contributed by atoms with van der Waals surface area (Å²) in [4.78, 5) is 17.6. The van der Waals surface area contributed by atoms with Gasteiger partial charge in [-0.05, 0) is 31.5 Å². The third-order valence-electron chi connectivity index (χ3n) is 3.15. The SMILES string of the molecule is Cc1sc2c(c1C)C(=O)N[C@H](c1ccccn1)N2. The maximum atomic E-state index is 12.1. The van der Waals surface area contributed by atoms with Crippen molar-refractivity contribution in [2.45, 2.75) is 20.0 Å². The summed E-state index contributed by atoms with van der Waals surface area (Å²) in [6.45, 7) is 4.01. The number of aromatic nitrogens is 1. The summed E-state index contributed by atoms with van der Waals surface area (Å²) in [6, 6.07) is 5.67. The highest BCUT2D eigenvalue weighted by molar-refractivity contribution is 7.16. The summed E-state index contributed by atoms with van der Waals surface area (Å²) in [5, 5.41) is 7.20. The fourth-order valence-corrected chi connectivity index (χ4v) is 3.15. The number of anilines is 1. The molecule has 0 spiro atoms. The Balaban J connectivity index is 2.00. The van der Waals surface area contributed by atoms with Crippen LogP contribution in [0, 0.1) is 13.8 Å². The number of carbonyl (C=O) groups is 1. The average Bonchev–Trinajstić information content (AvgIpc) is 2.66. The van der Waals surface area contributed by atoms with Gasteiger partial charge in [0.05, 0.1) is 11.3 Å². The molecule has 0 saturated heterocycles. The van der Waals surface area contributed by atoms with Crippen molar-refractivity contribution in [1.82, 2.24) is 10.3 Å². The minimum Gasteiger partial charge on any atom is -0.351 e. The smallest absolute Gasteiger partial charge is 0.256 e. The summed E-state index contributed by atoms with van der Waals surface area (Å²) in [5.74, 6) is -0.0266. The lowest BCUT2D eigenvalue weighted by atomic mass is 10.1. The van der Waals surface area contributed by atoms with Gasteiger partial charge in [-0.25, -0.2) is 0 Å². The second kappa shape index (κ2) is 4.10. The van der Waals surface area contributed by atoms with Crippen LogP contribution in [-0.4, -0.2) is 10.9 Å². The number of carbonyl (C=O) groups excluding carboxylic acids is 1. The first-order valence-electron chi connectivity index (χ1n) is 5.75. The van der Waals surface area contributed by atoms with Gasteiger partial charge >= 0.3 is 0 Å². The van der Waals surface area contributed by atoms with Crippen molar-refractivity contribution in [3.05, 3.63) is 46.1 Å². The molecule has 18 heavy (non-hydrogen) atoms. The number of pyridine rings is 1. The zero-order valence-electron chi connectivity index (χ0n) is 10.2. The Kier molecular flexibility index (Phi) is 2.56. The van der Waals surface area contributed by atoms with Crippen molar-refractivity contribution in [2.75, 3.05) is 5.32 Å². The molecule has 2 N–H and O–H groups in total. The van der Waals surface area contributed by atoms with Gasteiger partial charge in [0.25, 0.3) is 5.91 Å². The highest BCUT2D eigenvalue weighted by Gasteiger charge is 2.29. The molecule has 0 fully saturated rings. The van der Waals surface area contributed by atoms with E-state index >= 15 is 0 Å². The van der Waals surface area contributed by atoms with Crippen LogP contribution in [0.5, 0.6) is 0 Å². The van der Waals surface area contributed by atoms with Crippen LogP contribution in [-0.2, 0) is 0 Å². The monoisotopic (exact) mass is 259 g/mol. The molecule has 3 heterocycles. The number of fused-ring (bicyclic) bond motifs is 1. The van der Waals surface area contributed by atoms with Gasteiger partial charge in [-0.15, -0.1) is 11.3 Å². The second-order valence-electron chi connectivity index (χ2n) is 4.29. The Morgan fingerprint density at radius 3 is 2.83 bits per heavy atom. The van der Waals surface area contributed by atoms with Crippen LogP contribution in [0.25, 0.3) is 0 Å². The van der Waals surface area contributed by atoms with E-state index < -0.39 is 0 Å². The van der Waals surface area contributed by atoms with Gasteiger partial charge in [0.2, 0.25) is 0 Å². The lowest BCUT2D eigenvalue weighted by Gasteiger charge is -2.25. The first-order chi connectivity index (χ1) is 8.66. The fraction of sp³-hybridized carbons (Fsp3) is 0.231. The molecule has 0 aliphatic carbocycles. The highest BCUT2D eigenvalue weighted by atomic mass is 32.1. The molecule has 1 atom stereocenters. The summed E-state index contributed by atoms with van der Waals surface area (Å²) in [7, 11) is 0. The Hall–Kier alpha value is -1.88. The number of hydrogen-bond acceptors (Lipinski definition) is 4. The van der Waals surface area contributed by atoms with E-state index in [-0.39, 0.29) is 12.1 Å². The lowest BCUT2D eigenvalue weighted by molar-refractivity contribution is 0.0935. The molecule has 1 aliphatic rings. The van der Waals surface area contributed by atoms with Crippen molar-refractivity contribution in [1.29, 1.82) is 0 Å². The second-order valence-corrected chi connectivity index (χ2v) is 5.52. The minimum absolute atomic E-state index is 0.0266. The average molecular weight is 259 g/mol. The maximum absolute atomic E-state index is 12.1. The van der Waals surface area contributed by atoms with Crippen LogP contribution in [0.1, 0.15) is 32.7 Å². The third-order valence-corrected chi connectivity index (χ3v) is 4.29. The van der Waals surface area contributed by atoms with Crippen LogP contribution in [0.4, 0.5) is 5.00 Å². The number of rotatable bonds is 1. The van der Waals surface area contributed by atoms with E-state index in [2.05, 4.69) is 15.6 Å². The molecule has 0 radical (unpaired) electrons. The summed E-state index contributed by atoms with van der Waals surface area (Å²) in [6.07, 6.45) is 1.48. The zero-order chi connectivity index (χ0) is 12.7. The molecule has 0 unspecified atom stereocenters.